The van der Waals surface area contributed by atoms with Crippen molar-refractivity contribution in [1.29, 1.82) is 0 Å². The van der Waals surface area contributed by atoms with Crippen LogP contribution in [0.2, 0.25) is 0 Å². The quantitative estimate of drug-likeness (QED) is 0.456. The zero-order valence-electron chi connectivity index (χ0n) is 16.3. The zero-order chi connectivity index (χ0) is 20.8. The molecule has 9 heteroatoms. The highest BCUT2D eigenvalue weighted by Gasteiger charge is 2.27. The summed E-state index contributed by atoms with van der Waals surface area (Å²) in [5.41, 5.74) is 12.6. The third-order valence-electron chi connectivity index (χ3n) is 5.53. The van der Waals surface area contributed by atoms with Gasteiger partial charge in [-0.05, 0) is 74.6 Å². The number of nitrogens with one attached hydrogen (secondary N) is 1. The Bertz CT molecular complexity index is 855. The fourth-order valence-electron chi connectivity index (χ4n) is 3.90. The first-order chi connectivity index (χ1) is 14.0. The van der Waals surface area contributed by atoms with Gasteiger partial charge in [-0.25, -0.2) is 9.37 Å². The van der Waals surface area contributed by atoms with Crippen molar-refractivity contribution in [2.24, 2.45) is 17.6 Å². The maximum absolute atomic E-state index is 13.3. The molecule has 156 valence electrons. The molecule has 1 heterocycles. The van der Waals surface area contributed by atoms with Gasteiger partial charge in [0, 0.05) is 6.54 Å². The Morgan fingerprint density at radius 2 is 1.93 bits per heavy atom. The SMILES string of the molecule is NCC1CCC(Cc2nc(NCCc3cccc(F)c3)nc(N)c2[N+](=O)[O-])CC1. The Morgan fingerprint density at radius 1 is 1.21 bits per heavy atom. The number of hydrogen-bond acceptors (Lipinski definition) is 7. The highest BCUT2D eigenvalue weighted by molar-refractivity contribution is 5.58. The number of benzene rings is 1. The molecule has 1 aromatic carbocycles. The van der Waals surface area contributed by atoms with E-state index in [2.05, 4.69) is 15.3 Å². The first kappa shape index (κ1) is 20.9. The fourth-order valence-corrected chi connectivity index (χ4v) is 3.90. The van der Waals surface area contributed by atoms with Crippen LogP contribution in [0.3, 0.4) is 0 Å². The lowest BCUT2D eigenvalue weighted by molar-refractivity contribution is -0.385. The molecule has 2 aromatic rings. The number of aromatic nitrogens is 2. The molecule has 3 rings (SSSR count). The van der Waals surface area contributed by atoms with Gasteiger partial charge in [-0.15, -0.1) is 0 Å². The number of halogens is 1. The molecule has 0 amide bonds. The highest BCUT2D eigenvalue weighted by Crippen LogP contribution is 2.33. The van der Waals surface area contributed by atoms with Crippen molar-refractivity contribution in [3.63, 3.8) is 0 Å². The van der Waals surface area contributed by atoms with Crippen molar-refractivity contribution in [2.75, 3.05) is 24.1 Å². The van der Waals surface area contributed by atoms with Gasteiger partial charge in [0.2, 0.25) is 11.8 Å². The molecule has 0 unspecified atom stereocenters. The number of nitro groups is 1. The average molecular weight is 402 g/mol. The maximum Gasteiger partial charge on any atom is 0.332 e. The Labute approximate surface area is 169 Å². The molecule has 1 saturated carbocycles. The predicted octanol–water partition coefficient (Wildman–Crippen LogP) is 3.07. The summed E-state index contributed by atoms with van der Waals surface area (Å²) in [6.07, 6.45) is 5.09. The maximum atomic E-state index is 13.3. The minimum atomic E-state index is -0.507. The summed E-state index contributed by atoms with van der Waals surface area (Å²) in [4.78, 5) is 19.4. The lowest BCUT2D eigenvalue weighted by Gasteiger charge is -2.27. The van der Waals surface area contributed by atoms with Gasteiger partial charge in [0.15, 0.2) is 0 Å². The van der Waals surface area contributed by atoms with E-state index in [0.717, 1.165) is 31.2 Å². The number of rotatable bonds is 8. The van der Waals surface area contributed by atoms with Crippen LogP contribution < -0.4 is 16.8 Å². The van der Waals surface area contributed by atoms with Gasteiger partial charge in [-0.3, -0.25) is 10.1 Å². The summed E-state index contributed by atoms with van der Waals surface area (Å²) in [7, 11) is 0. The van der Waals surface area contributed by atoms with Crippen LogP contribution in [0.5, 0.6) is 0 Å². The van der Waals surface area contributed by atoms with Crippen LogP contribution in [-0.2, 0) is 12.8 Å². The normalized spacial score (nSPS) is 19.1. The van der Waals surface area contributed by atoms with E-state index in [-0.39, 0.29) is 23.3 Å². The number of hydrogen-bond donors (Lipinski definition) is 3. The van der Waals surface area contributed by atoms with Gasteiger partial charge in [0.05, 0.1) is 4.92 Å². The van der Waals surface area contributed by atoms with Crippen LogP contribution in [0, 0.1) is 27.8 Å². The molecule has 0 atom stereocenters. The second kappa shape index (κ2) is 9.60. The van der Waals surface area contributed by atoms with Crippen LogP contribution in [0.25, 0.3) is 0 Å². The largest absolute Gasteiger partial charge is 0.378 e. The number of anilines is 2. The summed E-state index contributed by atoms with van der Waals surface area (Å²) in [5, 5.41) is 14.5. The molecular weight excluding hydrogens is 375 g/mol. The molecule has 0 radical (unpaired) electrons. The van der Waals surface area contributed by atoms with Crippen molar-refractivity contribution in [3.05, 3.63) is 51.5 Å². The molecule has 0 spiro atoms. The lowest BCUT2D eigenvalue weighted by atomic mass is 9.80. The average Bonchev–Trinajstić information content (AvgIpc) is 2.68. The van der Waals surface area contributed by atoms with Crippen molar-refractivity contribution in [2.45, 2.75) is 38.5 Å². The van der Waals surface area contributed by atoms with Crippen molar-refractivity contribution < 1.29 is 9.31 Å². The summed E-state index contributed by atoms with van der Waals surface area (Å²) in [6, 6.07) is 6.35. The van der Waals surface area contributed by atoms with Gasteiger partial charge in [-0.1, -0.05) is 12.1 Å². The van der Waals surface area contributed by atoms with Crippen LogP contribution in [0.1, 0.15) is 36.9 Å². The van der Waals surface area contributed by atoms with Crippen LogP contribution in [0.15, 0.2) is 24.3 Å². The molecular formula is C20H27FN6O2. The minimum Gasteiger partial charge on any atom is -0.378 e. The smallest absolute Gasteiger partial charge is 0.332 e. The van der Waals surface area contributed by atoms with Gasteiger partial charge in [-0.2, -0.15) is 4.98 Å². The molecule has 1 aliphatic carbocycles. The zero-order valence-corrected chi connectivity index (χ0v) is 16.3. The molecule has 0 aliphatic heterocycles. The molecule has 29 heavy (non-hydrogen) atoms. The van der Waals surface area contributed by atoms with Crippen LogP contribution in [0.4, 0.5) is 21.8 Å². The highest BCUT2D eigenvalue weighted by atomic mass is 19.1. The van der Waals surface area contributed by atoms with E-state index < -0.39 is 4.92 Å². The molecule has 0 bridgehead atoms. The Kier molecular flexibility index (Phi) is 6.92. The molecule has 1 aliphatic rings. The van der Waals surface area contributed by atoms with Crippen LogP contribution in [-0.4, -0.2) is 28.0 Å². The molecule has 5 N–H and O–H groups in total. The monoisotopic (exact) mass is 402 g/mol. The van der Waals surface area contributed by atoms with E-state index >= 15 is 0 Å². The third kappa shape index (κ3) is 5.60. The Balaban J connectivity index is 1.69. The van der Waals surface area contributed by atoms with Crippen molar-refractivity contribution >= 4 is 17.5 Å². The summed E-state index contributed by atoms with van der Waals surface area (Å²) < 4.78 is 13.3. The topological polar surface area (TPSA) is 133 Å². The number of nitrogens with two attached hydrogens (primary N) is 2. The van der Waals surface area contributed by atoms with Crippen molar-refractivity contribution in [1.82, 2.24) is 9.97 Å². The fraction of sp³-hybridized carbons (Fsp3) is 0.500. The van der Waals surface area contributed by atoms with Crippen LogP contribution >= 0.6 is 0 Å². The minimum absolute atomic E-state index is 0.135. The Hall–Kier alpha value is -2.81. The van der Waals surface area contributed by atoms with E-state index in [4.69, 9.17) is 11.5 Å². The lowest BCUT2D eigenvalue weighted by Crippen LogP contribution is -2.23. The van der Waals surface area contributed by atoms with Gasteiger partial charge < -0.3 is 16.8 Å². The van der Waals surface area contributed by atoms with Gasteiger partial charge >= 0.3 is 5.69 Å². The van der Waals surface area contributed by atoms with E-state index in [1.165, 1.54) is 12.1 Å². The third-order valence-corrected chi connectivity index (χ3v) is 5.53. The second-order valence-corrected chi connectivity index (χ2v) is 7.62. The Morgan fingerprint density at radius 3 is 2.59 bits per heavy atom. The van der Waals surface area contributed by atoms with E-state index in [1.807, 2.05) is 6.07 Å². The van der Waals surface area contributed by atoms with Crippen molar-refractivity contribution in [3.8, 4) is 0 Å². The molecule has 1 aromatic heterocycles. The molecule has 1 fully saturated rings. The van der Waals surface area contributed by atoms with E-state index in [9.17, 15) is 14.5 Å². The van der Waals surface area contributed by atoms with E-state index in [0.29, 0.717) is 43.5 Å². The second-order valence-electron chi connectivity index (χ2n) is 7.62. The summed E-state index contributed by atoms with van der Waals surface area (Å²) in [6.45, 7) is 1.15. The number of nitrogens with zero attached hydrogens (tertiary/aromatic N) is 3. The van der Waals surface area contributed by atoms with E-state index in [1.54, 1.807) is 6.07 Å². The first-order valence-electron chi connectivity index (χ1n) is 9.95. The predicted molar refractivity (Wildman–Crippen MR) is 110 cm³/mol. The first-order valence-corrected chi connectivity index (χ1v) is 9.95. The van der Waals surface area contributed by atoms with Gasteiger partial charge in [0.1, 0.15) is 11.5 Å². The summed E-state index contributed by atoms with van der Waals surface area (Å²) >= 11 is 0. The summed E-state index contributed by atoms with van der Waals surface area (Å²) in [5.74, 6) is 0.701. The standard InChI is InChI=1S/C20H27FN6O2/c21-16-3-1-2-13(10-16)8-9-24-20-25-17(18(27(28)29)19(23)26-20)11-14-4-6-15(12-22)7-5-14/h1-3,10,14-15H,4-9,11-12,22H2,(H3,23,24,25,26). The molecule has 0 saturated heterocycles. The number of nitrogen functional groups attached to an aromatic ring is 1. The van der Waals surface area contributed by atoms with Gasteiger partial charge in [0.25, 0.3) is 0 Å². The molecule has 8 nitrogen and oxygen atoms in total.